The van der Waals surface area contributed by atoms with Crippen LogP contribution in [0, 0.1) is 0 Å². The van der Waals surface area contributed by atoms with Crippen LogP contribution in [0.2, 0.25) is 13.6 Å². The Bertz CT molecular complexity index is 211. The number of rotatable bonds is 2. The van der Waals surface area contributed by atoms with E-state index >= 15 is 0 Å². The molecule has 0 aliphatic rings. The minimum atomic E-state index is 0.654. The molecule has 0 unspecified atom stereocenters. The van der Waals surface area contributed by atoms with E-state index in [9.17, 15) is 0 Å². The summed E-state index contributed by atoms with van der Waals surface area (Å²) in [6.07, 6.45) is 1.14. The topological polar surface area (TPSA) is 0 Å². The van der Waals surface area contributed by atoms with Crippen LogP contribution >= 0.6 is 0 Å². The maximum absolute atomic E-state index is 2.23. The summed E-state index contributed by atoms with van der Waals surface area (Å²) < 4.78 is 0. The van der Waals surface area contributed by atoms with Crippen LogP contribution in [0.5, 0.6) is 0 Å². The summed E-state index contributed by atoms with van der Waals surface area (Å²) in [5.74, 6) is 0. The lowest BCUT2D eigenvalue weighted by Crippen LogP contribution is -2.21. The van der Waals surface area contributed by atoms with Gasteiger partial charge in [-0.15, -0.1) is 0 Å². The Hall–Kier alpha value is -0.715. The molecule has 0 fully saturated rings. The first-order chi connectivity index (χ1) is 6.24. The third-order valence-electron chi connectivity index (χ3n) is 2.05. The zero-order valence-electron chi connectivity index (χ0n) is 9.59. The first-order valence-electron chi connectivity index (χ1n) is 5.33. The Morgan fingerprint density at radius 2 is 1.46 bits per heavy atom. The summed E-state index contributed by atoms with van der Waals surface area (Å²) in [5, 5.41) is 0. The summed E-state index contributed by atoms with van der Waals surface area (Å²) in [6.45, 7) is 11.3. The van der Waals surface area contributed by atoms with Gasteiger partial charge >= 0.3 is 0 Å². The van der Waals surface area contributed by atoms with Gasteiger partial charge in [0.1, 0.15) is 0 Å². The average Bonchev–Trinajstić information content (AvgIpc) is 2.21. The number of hydrogen-bond acceptors (Lipinski definition) is 0. The van der Waals surface area contributed by atoms with Crippen molar-refractivity contribution in [1.29, 1.82) is 0 Å². The van der Waals surface area contributed by atoms with Gasteiger partial charge in [0.15, 0.2) is 6.71 Å². The SMILES string of the molecule is CC.CCc1ccc(B(C)C)cc1. The summed E-state index contributed by atoms with van der Waals surface area (Å²) in [6, 6.07) is 8.89. The molecule has 0 nitrogen and oxygen atoms in total. The number of hydrogen-bond donors (Lipinski definition) is 0. The van der Waals surface area contributed by atoms with Gasteiger partial charge in [0.05, 0.1) is 0 Å². The summed E-state index contributed by atoms with van der Waals surface area (Å²) in [4.78, 5) is 0. The third-order valence-corrected chi connectivity index (χ3v) is 2.05. The van der Waals surface area contributed by atoms with Crippen LogP contribution in [0.25, 0.3) is 0 Å². The van der Waals surface area contributed by atoms with Gasteiger partial charge < -0.3 is 0 Å². The third kappa shape index (κ3) is 4.16. The maximum Gasteiger partial charge on any atom is 0.169 e. The van der Waals surface area contributed by atoms with Crippen LogP contribution < -0.4 is 5.46 Å². The van der Waals surface area contributed by atoms with Crippen LogP contribution in [0.1, 0.15) is 26.3 Å². The summed E-state index contributed by atoms with van der Waals surface area (Å²) in [5.41, 5.74) is 2.86. The van der Waals surface area contributed by atoms with Gasteiger partial charge in [0.2, 0.25) is 0 Å². The lowest BCUT2D eigenvalue weighted by Gasteiger charge is -2.02. The molecule has 0 spiro atoms. The smallest absolute Gasteiger partial charge is 0.0819 e. The first-order valence-corrected chi connectivity index (χ1v) is 5.33. The summed E-state index contributed by atoms with van der Waals surface area (Å²) >= 11 is 0. The zero-order valence-corrected chi connectivity index (χ0v) is 9.59. The van der Waals surface area contributed by atoms with Crippen molar-refractivity contribution in [2.24, 2.45) is 0 Å². The van der Waals surface area contributed by atoms with Crippen molar-refractivity contribution in [2.75, 3.05) is 0 Å². The highest BCUT2D eigenvalue weighted by molar-refractivity contribution is 6.70. The Morgan fingerprint density at radius 3 is 1.77 bits per heavy atom. The van der Waals surface area contributed by atoms with Crippen molar-refractivity contribution in [3.63, 3.8) is 0 Å². The first kappa shape index (κ1) is 12.3. The van der Waals surface area contributed by atoms with Crippen LogP contribution in [0.3, 0.4) is 0 Å². The van der Waals surface area contributed by atoms with Crippen LogP contribution in [-0.2, 0) is 6.42 Å². The molecule has 0 amide bonds. The van der Waals surface area contributed by atoms with Gasteiger partial charge in [-0.2, -0.15) is 0 Å². The number of aryl methyl sites for hydroxylation is 1. The monoisotopic (exact) mass is 176 g/mol. The fourth-order valence-electron chi connectivity index (χ4n) is 1.14. The Balaban J connectivity index is 0.000000671. The summed E-state index contributed by atoms with van der Waals surface area (Å²) in [7, 11) is 0. The molecule has 0 aromatic heterocycles. The predicted molar refractivity (Wildman–Crippen MR) is 64.3 cm³/mol. The predicted octanol–water partition coefficient (Wildman–Crippen LogP) is 3.24. The van der Waals surface area contributed by atoms with Crippen molar-refractivity contribution in [2.45, 2.75) is 40.8 Å². The van der Waals surface area contributed by atoms with Crippen molar-refractivity contribution >= 4 is 12.2 Å². The Kier molecular flexibility index (Phi) is 6.39. The Labute approximate surface area is 83.4 Å². The molecular weight excluding hydrogens is 155 g/mol. The van der Waals surface area contributed by atoms with E-state index in [4.69, 9.17) is 0 Å². The molecule has 1 aromatic carbocycles. The maximum atomic E-state index is 2.23. The molecule has 0 heterocycles. The normalized spacial score (nSPS) is 8.69. The van der Waals surface area contributed by atoms with Gasteiger partial charge in [-0.25, -0.2) is 0 Å². The van der Waals surface area contributed by atoms with Gasteiger partial charge in [0, 0.05) is 0 Å². The molecule has 1 heteroatoms. The lowest BCUT2D eigenvalue weighted by molar-refractivity contribution is 1.14. The molecule has 0 N–H and O–H groups in total. The molecule has 72 valence electrons. The molecule has 0 radical (unpaired) electrons. The van der Waals surface area contributed by atoms with Crippen molar-refractivity contribution in [1.82, 2.24) is 0 Å². The van der Waals surface area contributed by atoms with Crippen LogP contribution in [0.15, 0.2) is 24.3 Å². The molecule has 0 aliphatic carbocycles. The van der Waals surface area contributed by atoms with Crippen molar-refractivity contribution in [3.05, 3.63) is 29.8 Å². The van der Waals surface area contributed by atoms with Crippen molar-refractivity contribution in [3.8, 4) is 0 Å². The van der Waals surface area contributed by atoms with Gasteiger partial charge in [-0.3, -0.25) is 0 Å². The molecule has 0 atom stereocenters. The largest absolute Gasteiger partial charge is 0.169 e. The number of benzene rings is 1. The quantitative estimate of drug-likeness (QED) is 0.607. The molecule has 0 saturated heterocycles. The highest BCUT2D eigenvalue weighted by atomic mass is 13.9. The second kappa shape index (κ2) is 6.76. The van der Waals surface area contributed by atoms with Gasteiger partial charge in [-0.1, -0.05) is 64.1 Å². The molecule has 0 aliphatic heterocycles. The molecule has 0 saturated carbocycles. The van der Waals surface area contributed by atoms with Gasteiger partial charge in [-0.05, 0) is 12.0 Å². The molecule has 1 rings (SSSR count). The molecule has 13 heavy (non-hydrogen) atoms. The zero-order chi connectivity index (χ0) is 10.3. The van der Waals surface area contributed by atoms with Gasteiger partial charge in [0.25, 0.3) is 0 Å². The van der Waals surface area contributed by atoms with E-state index in [1.807, 2.05) is 13.8 Å². The second-order valence-corrected chi connectivity index (χ2v) is 3.25. The standard InChI is InChI=1S/C10H15B.C2H6/c1-4-9-5-7-10(8-6-9)11(2)3;1-2/h5-8H,4H2,1-3H3;1-2H3. The van der Waals surface area contributed by atoms with E-state index in [1.54, 1.807) is 0 Å². The van der Waals surface area contributed by atoms with E-state index < -0.39 is 0 Å². The minimum absolute atomic E-state index is 0.654. The highest BCUT2D eigenvalue weighted by Gasteiger charge is 2.00. The molecule has 0 bridgehead atoms. The van der Waals surface area contributed by atoms with E-state index in [1.165, 1.54) is 11.0 Å². The molecular formula is C12H21B. The second-order valence-electron chi connectivity index (χ2n) is 3.25. The Morgan fingerprint density at radius 1 is 1.00 bits per heavy atom. The molecule has 1 aromatic rings. The van der Waals surface area contributed by atoms with E-state index in [0.717, 1.165) is 6.42 Å². The van der Waals surface area contributed by atoms with Crippen LogP contribution in [-0.4, -0.2) is 6.71 Å². The van der Waals surface area contributed by atoms with Crippen molar-refractivity contribution < 1.29 is 0 Å². The fourth-order valence-corrected chi connectivity index (χ4v) is 1.14. The van der Waals surface area contributed by atoms with E-state index in [0.29, 0.717) is 6.71 Å². The lowest BCUT2D eigenvalue weighted by atomic mass is 9.49. The highest BCUT2D eigenvalue weighted by Crippen LogP contribution is 1.97. The van der Waals surface area contributed by atoms with E-state index in [-0.39, 0.29) is 0 Å². The minimum Gasteiger partial charge on any atom is -0.0819 e. The van der Waals surface area contributed by atoms with Crippen LogP contribution in [0.4, 0.5) is 0 Å². The average molecular weight is 176 g/mol. The fraction of sp³-hybridized carbons (Fsp3) is 0.500. The van der Waals surface area contributed by atoms with E-state index in [2.05, 4.69) is 44.8 Å².